The summed E-state index contributed by atoms with van der Waals surface area (Å²) in [5.41, 5.74) is 3.05. The van der Waals surface area contributed by atoms with E-state index in [1.807, 2.05) is 0 Å². The fourth-order valence-corrected chi connectivity index (χ4v) is 3.74. The Morgan fingerprint density at radius 1 is 1.29 bits per heavy atom. The van der Waals surface area contributed by atoms with Crippen molar-refractivity contribution in [1.82, 2.24) is 15.1 Å². The summed E-state index contributed by atoms with van der Waals surface area (Å²) in [6, 6.07) is 2.88. The fraction of sp³-hybridized carbons (Fsp3) is 0.833. The van der Waals surface area contributed by atoms with E-state index in [1.54, 1.807) is 0 Å². The quantitative estimate of drug-likeness (QED) is 0.826. The average Bonchev–Trinajstić information content (AvgIpc) is 2.84. The first-order valence-electron chi connectivity index (χ1n) is 8.84. The van der Waals surface area contributed by atoms with E-state index in [1.165, 1.54) is 49.9 Å². The molecule has 1 N–H and O–H groups in total. The summed E-state index contributed by atoms with van der Waals surface area (Å²) in [6.07, 6.45) is 10.3. The molecule has 3 heteroatoms. The van der Waals surface area contributed by atoms with E-state index in [2.05, 4.69) is 49.0 Å². The summed E-state index contributed by atoms with van der Waals surface area (Å²) in [5, 5.41) is 8.46. The number of hydrogen-bond acceptors (Lipinski definition) is 2. The van der Waals surface area contributed by atoms with Gasteiger partial charge in [-0.25, -0.2) is 0 Å². The number of hydrogen-bond donors (Lipinski definition) is 1. The van der Waals surface area contributed by atoms with Crippen molar-refractivity contribution in [2.24, 2.45) is 12.5 Å². The Morgan fingerprint density at radius 2 is 2.00 bits per heavy atom. The zero-order chi connectivity index (χ0) is 15.3. The van der Waals surface area contributed by atoms with Crippen molar-refractivity contribution in [2.75, 3.05) is 6.54 Å². The van der Waals surface area contributed by atoms with Gasteiger partial charge in [0.25, 0.3) is 0 Å². The Balaban J connectivity index is 2.13. The van der Waals surface area contributed by atoms with Crippen molar-refractivity contribution in [3.05, 3.63) is 17.5 Å². The molecule has 1 heterocycles. The molecule has 1 aromatic rings. The van der Waals surface area contributed by atoms with Crippen LogP contribution in [-0.4, -0.2) is 22.4 Å². The van der Waals surface area contributed by atoms with Gasteiger partial charge in [0.05, 0.1) is 5.69 Å². The second kappa shape index (κ2) is 7.44. The zero-order valence-electron chi connectivity index (χ0n) is 14.4. The van der Waals surface area contributed by atoms with Crippen LogP contribution in [0.25, 0.3) is 0 Å². The molecule has 0 aromatic carbocycles. The molecule has 1 aromatic heterocycles. The first-order valence-corrected chi connectivity index (χ1v) is 8.84. The van der Waals surface area contributed by atoms with Gasteiger partial charge >= 0.3 is 0 Å². The molecule has 0 bridgehead atoms. The van der Waals surface area contributed by atoms with E-state index in [0.717, 1.165) is 19.4 Å². The number of aryl methyl sites for hydroxylation is 2. The van der Waals surface area contributed by atoms with Crippen LogP contribution in [-0.2, 0) is 19.9 Å². The lowest BCUT2D eigenvalue weighted by Crippen LogP contribution is -2.46. The second-order valence-corrected chi connectivity index (χ2v) is 7.03. The minimum absolute atomic E-state index is 0.448. The van der Waals surface area contributed by atoms with Crippen LogP contribution < -0.4 is 5.32 Å². The van der Waals surface area contributed by atoms with Gasteiger partial charge in [-0.3, -0.25) is 4.68 Å². The standard InChI is InChI=1S/C18H33N3/c1-5-12-19-17(18(3)10-8-7-9-11-18)14-16-13-15(6-2)20-21(16)4/h13,17,19H,5-12,14H2,1-4H3. The minimum Gasteiger partial charge on any atom is -0.313 e. The molecule has 3 nitrogen and oxygen atoms in total. The molecule has 0 amide bonds. The van der Waals surface area contributed by atoms with Crippen molar-refractivity contribution in [2.45, 2.75) is 78.2 Å². The van der Waals surface area contributed by atoms with E-state index in [0.29, 0.717) is 11.5 Å². The highest BCUT2D eigenvalue weighted by Crippen LogP contribution is 2.39. The molecule has 2 rings (SSSR count). The van der Waals surface area contributed by atoms with Crippen LogP contribution in [0.15, 0.2) is 6.07 Å². The van der Waals surface area contributed by atoms with E-state index < -0.39 is 0 Å². The Labute approximate surface area is 130 Å². The van der Waals surface area contributed by atoms with Gasteiger partial charge in [-0.2, -0.15) is 5.10 Å². The van der Waals surface area contributed by atoms with Crippen LogP contribution in [0.5, 0.6) is 0 Å². The lowest BCUT2D eigenvalue weighted by atomic mass is 9.69. The maximum atomic E-state index is 4.62. The third-order valence-electron chi connectivity index (χ3n) is 5.28. The second-order valence-electron chi connectivity index (χ2n) is 7.03. The van der Waals surface area contributed by atoms with Gasteiger partial charge in [-0.05, 0) is 43.7 Å². The highest BCUT2D eigenvalue weighted by molar-refractivity contribution is 5.13. The molecule has 0 radical (unpaired) electrons. The van der Waals surface area contributed by atoms with Crippen LogP contribution in [0.1, 0.15) is 70.7 Å². The normalized spacial score (nSPS) is 19.6. The van der Waals surface area contributed by atoms with Crippen LogP contribution in [0, 0.1) is 5.41 Å². The number of nitrogens with zero attached hydrogens (tertiary/aromatic N) is 2. The molecule has 1 aliphatic rings. The highest BCUT2D eigenvalue weighted by atomic mass is 15.3. The SMILES string of the molecule is CCCNC(Cc1cc(CC)nn1C)C1(C)CCCCC1. The molecule has 1 fully saturated rings. The first-order chi connectivity index (χ1) is 10.1. The Hall–Kier alpha value is -0.830. The predicted molar refractivity (Wildman–Crippen MR) is 89.6 cm³/mol. The number of aromatic nitrogens is 2. The minimum atomic E-state index is 0.448. The molecule has 1 atom stereocenters. The third kappa shape index (κ3) is 4.09. The lowest BCUT2D eigenvalue weighted by molar-refractivity contribution is 0.142. The summed E-state index contributed by atoms with van der Waals surface area (Å²) in [4.78, 5) is 0. The van der Waals surface area contributed by atoms with Gasteiger partial charge in [0.2, 0.25) is 0 Å². The Kier molecular flexibility index (Phi) is 5.86. The summed E-state index contributed by atoms with van der Waals surface area (Å²) >= 11 is 0. The lowest BCUT2D eigenvalue weighted by Gasteiger charge is -2.41. The third-order valence-corrected chi connectivity index (χ3v) is 5.28. The topological polar surface area (TPSA) is 29.9 Å². The molecular formula is C18H33N3. The summed E-state index contributed by atoms with van der Waals surface area (Å²) in [5.74, 6) is 0. The van der Waals surface area contributed by atoms with Gasteiger partial charge in [0, 0.05) is 25.2 Å². The summed E-state index contributed by atoms with van der Waals surface area (Å²) in [7, 11) is 2.09. The van der Waals surface area contributed by atoms with Crippen LogP contribution >= 0.6 is 0 Å². The number of rotatable bonds is 7. The maximum absolute atomic E-state index is 4.62. The average molecular weight is 291 g/mol. The van der Waals surface area contributed by atoms with E-state index in [-0.39, 0.29) is 0 Å². The smallest absolute Gasteiger partial charge is 0.0624 e. The van der Waals surface area contributed by atoms with Crippen molar-refractivity contribution in [3.8, 4) is 0 Å². The van der Waals surface area contributed by atoms with Crippen LogP contribution in [0.4, 0.5) is 0 Å². The molecule has 21 heavy (non-hydrogen) atoms. The fourth-order valence-electron chi connectivity index (χ4n) is 3.74. The molecule has 1 unspecified atom stereocenters. The summed E-state index contributed by atoms with van der Waals surface area (Å²) in [6.45, 7) is 8.06. The van der Waals surface area contributed by atoms with Gasteiger partial charge < -0.3 is 5.32 Å². The van der Waals surface area contributed by atoms with Gasteiger partial charge in [0.1, 0.15) is 0 Å². The van der Waals surface area contributed by atoms with E-state index in [4.69, 9.17) is 0 Å². The molecule has 0 aliphatic heterocycles. The van der Waals surface area contributed by atoms with Gasteiger partial charge in [-0.15, -0.1) is 0 Å². The van der Waals surface area contributed by atoms with Crippen molar-refractivity contribution in [3.63, 3.8) is 0 Å². The maximum Gasteiger partial charge on any atom is 0.0624 e. The molecule has 1 aliphatic carbocycles. The molecule has 0 saturated heterocycles. The molecule has 1 saturated carbocycles. The monoisotopic (exact) mass is 291 g/mol. The van der Waals surface area contributed by atoms with Gasteiger partial charge in [-0.1, -0.05) is 40.0 Å². The van der Waals surface area contributed by atoms with E-state index >= 15 is 0 Å². The van der Waals surface area contributed by atoms with E-state index in [9.17, 15) is 0 Å². The molecular weight excluding hydrogens is 258 g/mol. The molecule has 120 valence electrons. The zero-order valence-corrected chi connectivity index (χ0v) is 14.4. The Bertz CT molecular complexity index is 430. The van der Waals surface area contributed by atoms with Crippen LogP contribution in [0.3, 0.4) is 0 Å². The van der Waals surface area contributed by atoms with Crippen molar-refractivity contribution in [1.29, 1.82) is 0 Å². The van der Waals surface area contributed by atoms with Crippen molar-refractivity contribution >= 4 is 0 Å². The number of nitrogens with one attached hydrogen (secondary N) is 1. The molecule has 0 spiro atoms. The highest BCUT2D eigenvalue weighted by Gasteiger charge is 2.35. The Morgan fingerprint density at radius 3 is 2.57 bits per heavy atom. The predicted octanol–water partition coefficient (Wildman–Crippen LogP) is 3.86. The van der Waals surface area contributed by atoms with Crippen molar-refractivity contribution < 1.29 is 0 Å². The van der Waals surface area contributed by atoms with Crippen LogP contribution in [0.2, 0.25) is 0 Å². The first kappa shape index (κ1) is 16.5. The summed E-state index contributed by atoms with van der Waals surface area (Å²) < 4.78 is 2.09. The van der Waals surface area contributed by atoms with Gasteiger partial charge in [0.15, 0.2) is 0 Å². The largest absolute Gasteiger partial charge is 0.313 e.